The molecule has 1 heterocycles. The summed E-state index contributed by atoms with van der Waals surface area (Å²) in [7, 11) is 1.00. The van der Waals surface area contributed by atoms with Crippen molar-refractivity contribution < 1.29 is 41.0 Å². The molecule has 2 amide bonds. The maximum absolute atomic E-state index is 14.4. The molecule has 39 heavy (non-hydrogen) atoms. The molecule has 0 spiro atoms. The molecule has 0 radical (unpaired) electrons. The van der Waals surface area contributed by atoms with Gasteiger partial charge in [0.1, 0.15) is 6.54 Å². The predicted molar refractivity (Wildman–Crippen MR) is 139 cm³/mol. The Balaban J connectivity index is 0.00000260. The van der Waals surface area contributed by atoms with Gasteiger partial charge in [0.2, 0.25) is 5.91 Å². The zero-order chi connectivity index (χ0) is 29.8. The van der Waals surface area contributed by atoms with Crippen LogP contribution in [0.1, 0.15) is 51.0 Å². The molecule has 1 unspecified atom stereocenters. The van der Waals surface area contributed by atoms with E-state index in [4.69, 9.17) is 28.3 Å². The van der Waals surface area contributed by atoms with Gasteiger partial charge in [0.25, 0.3) is 5.91 Å². The lowest BCUT2D eigenvalue weighted by Crippen LogP contribution is -2.40. The lowest BCUT2D eigenvalue weighted by Gasteiger charge is -2.33. The molecule has 3 N–H and O–H groups in total. The first-order chi connectivity index (χ1) is 18.0. The minimum absolute atomic E-state index is 0.0545. The monoisotopic (exact) mass is 618 g/mol. The topological polar surface area (TPSA) is 78.4 Å². The molecular weight excluding hydrogens is 593 g/mol. The van der Waals surface area contributed by atoms with E-state index in [1.807, 2.05) is 0 Å². The van der Waals surface area contributed by atoms with Crippen LogP contribution in [0.25, 0.3) is 5.57 Å². The smallest absolute Gasteiger partial charge is 0.400 e. The van der Waals surface area contributed by atoms with Gasteiger partial charge in [0, 0.05) is 22.0 Å². The standard InChI is InChI=1S/C24H22Cl2F6N2O2S.CH4O/c1-12(9-22(2,24(30,31)32)13-6-14(25)8-15(26)7-13)19-16-4-3-5-17(16)20(37-19)21(36)33-10-18(35)34-11-23(27,28)29;1-2/h6-8H,1,3-5,9-11H2,2H3,(H,33,36)(H,34,35);2H,1H3. The third kappa shape index (κ3) is 8.12. The van der Waals surface area contributed by atoms with Crippen LogP contribution in [-0.4, -0.2) is 49.5 Å². The summed E-state index contributed by atoms with van der Waals surface area (Å²) >= 11 is 12.9. The van der Waals surface area contributed by atoms with E-state index in [2.05, 4.69) is 11.9 Å². The summed E-state index contributed by atoms with van der Waals surface area (Å²) in [6.45, 7) is 2.72. The Hall–Kier alpha value is -2.28. The van der Waals surface area contributed by atoms with E-state index in [1.54, 1.807) is 5.32 Å². The van der Waals surface area contributed by atoms with Crippen LogP contribution in [0, 0.1) is 0 Å². The molecule has 0 saturated heterocycles. The van der Waals surface area contributed by atoms with Gasteiger partial charge in [-0.05, 0) is 73.1 Å². The average molecular weight is 619 g/mol. The number of hydrogen-bond acceptors (Lipinski definition) is 4. The number of carbonyl (C=O) groups excluding carboxylic acids is 2. The molecule has 1 aromatic heterocycles. The maximum Gasteiger partial charge on any atom is 0.405 e. The fourth-order valence-electron chi connectivity index (χ4n) is 4.19. The van der Waals surface area contributed by atoms with Crippen molar-refractivity contribution in [3.05, 3.63) is 61.3 Å². The number of allylic oxidation sites excluding steroid dienone is 1. The van der Waals surface area contributed by atoms with E-state index in [1.165, 1.54) is 18.2 Å². The molecule has 5 nitrogen and oxygen atoms in total. The Morgan fingerprint density at radius 1 is 0.974 bits per heavy atom. The molecule has 1 atom stereocenters. The number of thiophene rings is 1. The molecule has 1 aliphatic carbocycles. The van der Waals surface area contributed by atoms with Crippen LogP contribution in [0.4, 0.5) is 26.3 Å². The number of carbonyl (C=O) groups is 2. The second kappa shape index (κ2) is 12.9. The summed E-state index contributed by atoms with van der Waals surface area (Å²) < 4.78 is 79.8. The van der Waals surface area contributed by atoms with Crippen LogP contribution in [0.5, 0.6) is 0 Å². The predicted octanol–water partition coefficient (Wildman–Crippen LogP) is 6.48. The first kappa shape index (κ1) is 32.9. The number of nitrogens with one attached hydrogen (secondary N) is 2. The number of aliphatic hydroxyl groups excluding tert-OH is 1. The number of fused-ring (bicyclic) bond motifs is 1. The number of alkyl halides is 6. The minimum atomic E-state index is -4.69. The quantitative estimate of drug-likeness (QED) is 0.296. The normalized spacial score (nSPS) is 14.5. The highest BCUT2D eigenvalue weighted by Gasteiger charge is 2.52. The Morgan fingerprint density at radius 2 is 1.51 bits per heavy atom. The van der Waals surface area contributed by atoms with Crippen molar-refractivity contribution in [3.63, 3.8) is 0 Å². The number of hydrogen-bond donors (Lipinski definition) is 3. The van der Waals surface area contributed by atoms with Gasteiger partial charge in [-0.15, -0.1) is 11.3 Å². The van der Waals surface area contributed by atoms with E-state index < -0.39 is 49.1 Å². The van der Waals surface area contributed by atoms with E-state index >= 15 is 0 Å². The highest BCUT2D eigenvalue weighted by atomic mass is 35.5. The van der Waals surface area contributed by atoms with Crippen molar-refractivity contribution >= 4 is 51.9 Å². The zero-order valence-corrected chi connectivity index (χ0v) is 23.2. The van der Waals surface area contributed by atoms with E-state index in [0.29, 0.717) is 29.7 Å². The molecule has 216 valence electrons. The molecule has 14 heteroatoms. The van der Waals surface area contributed by atoms with E-state index in [0.717, 1.165) is 30.9 Å². The fraction of sp³-hybridized carbons (Fsp3) is 0.440. The summed E-state index contributed by atoms with van der Waals surface area (Å²) in [6, 6.07) is 3.74. The van der Waals surface area contributed by atoms with Crippen molar-refractivity contribution in [3.8, 4) is 0 Å². The number of halogens is 8. The summed E-state index contributed by atoms with van der Waals surface area (Å²) in [5.41, 5.74) is -0.979. The molecule has 0 saturated carbocycles. The zero-order valence-electron chi connectivity index (χ0n) is 20.9. The van der Waals surface area contributed by atoms with Gasteiger partial charge in [-0.2, -0.15) is 26.3 Å². The SMILES string of the molecule is C=C(CC(C)(c1cc(Cl)cc(Cl)c1)C(F)(F)F)c1sc(C(=O)NCC(=O)NCC(F)(F)F)c2c1CCC2.CO. The van der Waals surface area contributed by atoms with Crippen LogP contribution >= 0.6 is 34.5 Å². The van der Waals surface area contributed by atoms with Crippen LogP contribution in [0.3, 0.4) is 0 Å². The van der Waals surface area contributed by atoms with Crippen molar-refractivity contribution in [2.45, 2.75) is 50.4 Å². The summed E-state index contributed by atoms with van der Waals surface area (Å²) in [4.78, 5) is 25.0. The molecular formula is C25H26Cl2F6N2O3S. The summed E-state index contributed by atoms with van der Waals surface area (Å²) in [5.74, 6) is -1.71. The molecule has 0 aliphatic heterocycles. The molecule has 0 fully saturated rings. The molecule has 0 bridgehead atoms. The van der Waals surface area contributed by atoms with Gasteiger partial charge < -0.3 is 15.7 Å². The third-order valence-electron chi connectivity index (χ3n) is 6.09. The third-order valence-corrected chi connectivity index (χ3v) is 7.90. The van der Waals surface area contributed by atoms with E-state index in [-0.39, 0.29) is 26.1 Å². The van der Waals surface area contributed by atoms with Gasteiger partial charge in [0.05, 0.1) is 16.8 Å². The molecule has 2 aromatic rings. The van der Waals surface area contributed by atoms with Gasteiger partial charge in [-0.3, -0.25) is 9.59 Å². The summed E-state index contributed by atoms with van der Waals surface area (Å²) in [5, 5.41) is 11.0. The lowest BCUT2D eigenvalue weighted by molar-refractivity contribution is -0.184. The average Bonchev–Trinajstić information content (AvgIpc) is 3.43. The van der Waals surface area contributed by atoms with Crippen LogP contribution < -0.4 is 10.6 Å². The lowest BCUT2D eigenvalue weighted by atomic mass is 9.76. The van der Waals surface area contributed by atoms with Crippen LogP contribution in [0.2, 0.25) is 10.0 Å². The Labute approximate surface area is 235 Å². The Kier molecular flexibility index (Phi) is 10.9. The minimum Gasteiger partial charge on any atom is -0.400 e. The van der Waals surface area contributed by atoms with Crippen molar-refractivity contribution in [2.24, 2.45) is 0 Å². The fourth-order valence-corrected chi connectivity index (χ4v) is 6.00. The van der Waals surface area contributed by atoms with Gasteiger partial charge in [-0.25, -0.2) is 0 Å². The van der Waals surface area contributed by atoms with Crippen molar-refractivity contribution in [1.82, 2.24) is 10.6 Å². The highest BCUT2D eigenvalue weighted by molar-refractivity contribution is 7.15. The number of amides is 2. The maximum atomic E-state index is 14.4. The number of aliphatic hydroxyl groups is 1. The molecule has 3 rings (SSSR count). The molecule has 1 aromatic carbocycles. The van der Waals surface area contributed by atoms with E-state index in [9.17, 15) is 35.9 Å². The van der Waals surface area contributed by atoms with Crippen LogP contribution in [-0.2, 0) is 23.1 Å². The number of benzene rings is 1. The molecule has 1 aliphatic rings. The largest absolute Gasteiger partial charge is 0.405 e. The van der Waals surface area contributed by atoms with Crippen molar-refractivity contribution in [1.29, 1.82) is 0 Å². The second-order valence-electron chi connectivity index (χ2n) is 8.91. The van der Waals surface area contributed by atoms with Gasteiger partial charge >= 0.3 is 12.4 Å². The van der Waals surface area contributed by atoms with Gasteiger partial charge in [-0.1, -0.05) is 29.8 Å². The Bertz CT molecular complexity index is 1210. The highest BCUT2D eigenvalue weighted by Crippen LogP contribution is 2.49. The van der Waals surface area contributed by atoms with Crippen molar-refractivity contribution in [2.75, 3.05) is 20.2 Å². The Morgan fingerprint density at radius 3 is 2.03 bits per heavy atom. The van der Waals surface area contributed by atoms with Gasteiger partial charge in [0.15, 0.2) is 0 Å². The first-order valence-electron chi connectivity index (χ1n) is 11.4. The van der Waals surface area contributed by atoms with Crippen LogP contribution in [0.15, 0.2) is 24.8 Å². The number of rotatable bonds is 8. The second-order valence-corrected chi connectivity index (χ2v) is 10.8. The summed E-state index contributed by atoms with van der Waals surface area (Å²) in [6.07, 6.45) is -8.10. The first-order valence-corrected chi connectivity index (χ1v) is 13.0.